The van der Waals surface area contributed by atoms with E-state index in [1.165, 1.54) is 12.3 Å². The van der Waals surface area contributed by atoms with Gasteiger partial charge in [0.15, 0.2) is 6.61 Å². The van der Waals surface area contributed by atoms with E-state index in [9.17, 15) is 18.0 Å². The van der Waals surface area contributed by atoms with Gasteiger partial charge in [-0.15, -0.1) is 0 Å². The SMILES string of the molecule is Cc1cc(C(=O)NCc2cnc(OCC(F)(F)F)cc2C)c(NNCC(C)C)cn1. The van der Waals surface area contributed by atoms with Crippen LogP contribution in [0.2, 0.25) is 0 Å². The third-order valence-corrected chi connectivity index (χ3v) is 4.04. The summed E-state index contributed by atoms with van der Waals surface area (Å²) in [5.41, 5.74) is 9.05. The summed E-state index contributed by atoms with van der Waals surface area (Å²) in [6, 6.07) is 3.08. The first-order valence-electron chi connectivity index (χ1n) is 9.44. The van der Waals surface area contributed by atoms with Crippen LogP contribution in [0.5, 0.6) is 5.88 Å². The number of carbonyl (C=O) groups excluding carboxylic acids is 1. The van der Waals surface area contributed by atoms with Crippen LogP contribution in [0.4, 0.5) is 18.9 Å². The summed E-state index contributed by atoms with van der Waals surface area (Å²) in [4.78, 5) is 20.8. The van der Waals surface area contributed by atoms with Crippen LogP contribution in [0, 0.1) is 19.8 Å². The average molecular weight is 425 g/mol. The lowest BCUT2D eigenvalue weighted by Gasteiger charge is -2.15. The molecule has 0 aliphatic heterocycles. The van der Waals surface area contributed by atoms with Crippen molar-refractivity contribution in [2.75, 3.05) is 18.6 Å². The summed E-state index contributed by atoms with van der Waals surface area (Å²) >= 11 is 0. The Hall–Kier alpha value is -2.88. The molecule has 10 heteroatoms. The lowest BCUT2D eigenvalue weighted by molar-refractivity contribution is -0.154. The number of aromatic nitrogens is 2. The van der Waals surface area contributed by atoms with Crippen LogP contribution in [0.25, 0.3) is 0 Å². The topological polar surface area (TPSA) is 88.2 Å². The number of aryl methyl sites for hydroxylation is 2. The molecule has 0 bridgehead atoms. The first kappa shape index (κ1) is 23.4. The van der Waals surface area contributed by atoms with Gasteiger partial charge in [-0.25, -0.2) is 10.4 Å². The predicted molar refractivity (Wildman–Crippen MR) is 107 cm³/mol. The fourth-order valence-electron chi connectivity index (χ4n) is 2.45. The van der Waals surface area contributed by atoms with Crippen molar-refractivity contribution in [3.8, 4) is 5.88 Å². The van der Waals surface area contributed by atoms with E-state index in [1.54, 1.807) is 26.1 Å². The Morgan fingerprint density at radius 2 is 1.90 bits per heavy atom. The van der Waals surface area contributed by atoms with E-state index in [2.05, 4.69) is 44.7 Å². The Balaban J connectivity index is 2.02. The lowest BCUT2D eigenvalue weighted by atomic mass is 10.1. The summed E-state index contributed by atoms with van der Waals surface area (Å²) < 4.78 is 41.4. The maximum Gasteiger partial charge on any atom is 0.422 e. The summed E-state index contributed by atoms with van der Waals surface area (Å²) in [5.74, 6) is -0.00902. The van der Waals surface area contributed by atoms with Crippen molar-refractivity contribution >= 4 is 11.6 Å². The van der Waals surface area contributed by atoms with Crippen molar-refractivity contribution in [3.05, 3.63) is 46.9 Å². The van der Waals surface area contributed by atoms with Crippen LogP contribution in [0.3, 0.4) is 0 Å². The first-order valence-corrected chi connectivity index (χ1v) is 9.44. The maximum atomic E-state index is 12.7. The number of nitrogens with zero attached hydrogens (tertiary/aromatic N) is 2. The smallest absolute Gasteiger partial charge is 0.422 e. The number of rotatable bonds is 9. The molecular weight excluding hydrogens is 399 g/mol. The Morgan fingerprint density at radius 3 is 2.53 bits per heavy atom. The van der Waals surface area contributed by atoms with Crippen LogP contribution in [0.15, 0.2) is 24.5 Å². The second kappa shape index (κ2) is 10.2. The Morgan fingerprint density at radius 1 is 1.17 bits per heavy atom. The molecule has 0 spiro atoms. The minimum absolute atomic E-state index is 0.118. The van der Waals surface area contributed by atoms with Gasteiger partial charge in [-0.1, -0.05) is 13.8 Å². The van der Waals surface area contributed by atoms with Crippen molar-refractivity contribution in [2.45, 2.75) is 40.4 Å². The van der Waals surface area contributed by atoms with Crippen molar-refractivity contribution < 1.29 is 22.7 Å². The molecule has 0 fully saturated rings. The number of nitrogens with one attached hydrogen (secondary N) is 3. The van der Waals surface area contributed by atoms with Crippen molar-refractivity contribution in [3.63, 3.8) is 0 Å². The quantitative estimate of drug-likeness (QED) is 0.533. The molecule has 0 unspecified atom stereocenters. The fourth-order valence-corrected chi connectivity index (χ4v) is 2.45. The molecule has 2 rings (SSSR count). The van der Waals surface area contributed by atoms with Crippen molar-refractivity contribution in [1.29, 1.82) is 0 Å². The van der Waals surface area contributed by atoms with Crippen LogP contribution in [-0.4, -0.2) is 35.2 Å². The number of pyridine rings is 2. The van der Waals surface area contributed by atoms with Gasteiger partial charge in [-0.05, 0) is 37.0 Å². The first-order chi connectivity index (χ1) is 14.0. The van der Waals surface area contributed by atoms with Gasteiger partial charge in [0.25, 0.3) is 5.91 Å². The molecule has 0 saturated carbocycles. The molecule has 2 aromatic rings. The highest BCUT2D eigenvalue weighted by Crippen LogP contribution is 2.19. The van der Waals surface area contributed by atoms with Gasteiger partial charge in [-0.3, -0.25) is 9.78 Å². The molecular formula is C20H26F3N5O2. The number of amides is 1. The molecule has 0 aliphatic carbocycles. The molecule has 3 N–H and O–H groups in total. The molecule has 2 heterocycles. The van der Waals surface area contributed by atoms with Crippen molar-refractivity contribution in [2.24, 2.45) is 5.92 Å². The molecule has 2 aromatic heterocycles. The molecule has 7 nitrogen and oxygen atoms in total. The fraction of sp³-hybridized carbons (Fsp3) is 0.450. The largest absolute Gasteiger partial charge is 0.468 e. The Kier molecular flexibility index (Phi) is 7.99. The van der Waals surface area contributed by atoms with E-state index in [4.69, 9.17) is 0 Å². The zero-order valence-corrected chi connectivity index (χ0v) is 17.4. The van der Waals surface area contributed by atoms with E-state index < -0.39 is 12.8 Å². The van der Waals surface area contributed by atoms with Gasteiger partial charge in [0, 0.05) is 31.0 Å². The molecule has 164 valence electrons. The number of hydrogen-bond acceptors (Lipinski definition) is 6. The second-order valence-electron chi connectivity index (χ2n) is 7.31. The standard InChI is InChI=1S/C20H26F3N5O2/c1-12(2)7-27-28-17-10-24-14(4)6-16(17)19(29)26-9-15-8-25-18(5-13(15)3)30-11-20(21,22)23/h5-6,8,10,12,27-28H,7,9,11H2,1-4H3,(H,26,29). The highest BCUT2D eigenvalue weighted by atomic mass is 19.4. The van der Waals surface area contributed by atoms with Gasteiger partial charge in [0.2, 0.25) is 5.88 Å². The van der Waals surface area contributed by atoms with Crippen LogP contribution >= 0.6 is 0 Å². The van der Waals surface area contributed by atoms with Gasteiger partial charge in [-0.2, -0.15) is 13.2 Å². The zero-order valence-electron chi connectivity index (χ0n) is 17.4. The molecule has 0 radical (unpaired) electrons. The number of anilines is 1. The number of carbonyl (C=O) groups is 1. The van der Waals surface area contributed by atoms with Gasteiger partial charge >= 0.3 is 6.18 Å². The summed E-state index contributed by atoms with van der Waals surface area (Å²) in [7, 11) is 0. The molecule has 0 atom stereocenters. The van der Waals surface area contributed by atoms with Crippen LogP contribution in [-0.2, 0) is 6.54 Å². The third-order valence-electron chi connectivity index (χ3n) is 4.04. The number of hydrazine groups is 1. The highest BCUT2D eigenvalue weighted by Gasteiger charge is 2.28. The number of ether oxygens (including phenoxy) is 1. The van der Waals surface area contributed by atoms with Gasteiger partial charge in [0.05, 0.1) is 17.4 Å². The Bertz CT molecular complexity index is 872. The van der Waals surface area contributed by atoms with Crippen molar-refractivity contribution in [1.82, 2.24) is 20.7 Å². The van der Waals surface area contributed by atoms with Crippen LogP contribution < -0.4 is 20.9 Å². The van der Waals surface area contributed by atoms with E-state index in [1.807, 2.05) is 0 Å². The van der Waals surface area contributed by atoms with E-state index in [-0.39, 0.29) is 18.3 Å². The minimum Gasteiger partial charge on any atom is -0.468 e. The third kappa shape index (κ3) is 7.51. The highest BCUT2D eigenvalue weighted by molar-refractivity contribution is 5.99. The zero-order chi connectivity index (χ0) is 22.3. The molecule has 1 amide bonds. The monoisotopic (exact) mass is 425 g/mol. The lowest BCUT2D eigenvalue weighted by Crippen LogP contribution is -2.29. The Labute approximate surface area is 173 Å². The average Bonchev–Trinajstić information content (AvgIpc) is 2.65. The predicted octanol–water partition coefficient (Wildman–Crippen LogP) is 3.54. The van der Waals surface area contributed by atoms with E-state index >= 15 is 0 Å². The summed E-state index contributed by atoms with van der Waals surface area (Å²) in [6.07, 6.45) is -1.46. The summed E-state index contributed by atoms with van der Waals surface area (Å²) in [5, 5.41) is 2.80. The second-order valence-corrected chi connectivity index (χ2v) is 7.31. The molecule has 0 saturated heterocycles. The van der Waals surface area contributed by atoms with E-state index in [0.29, 0.717) is 40.5 Å². The normalized spacial score (nSPS) is 11.5. The summed E-state index contributed by atoms with van der Waals surface area (Å²) in [6.45, 7) is 7.09. The van der Waals surface area contributed by atoms with Gasteiger partial charge in [0.1, 0.15) is 0 Å². The molecule has 0 aliphatic rings. The maximum absolute atomic E-state index is 12.7. The van der Waals surface area contributed by atoms with Gasteiger partial charge < -0.3 is 15.5 Å². The number of alkyl halides is 3. The van der Waals surface area contributed by atoms with Crippen LogP contribution in [0.1, 0.15) is 41.0 Å². The number of hydrogen-bond donors (Lipinski definition) is 3. The van der Waals surface area contributed by atoms with E-state index in [0.717, 1.165) is 0 Å². The molecule has 0 aromatic carbocycles. The number of halogens is 3. The molecule has 30 heavy (non-hydrogen) atoms. The minimum atomic E-state index is -4.43.